The van der Waals surface area contributed by atoms with Crippen LogP contribution in [0.15, 0.2) is 34.9 Å². The van der Waals surface area contributed by atoms with Gasteiger partial charge in [0.2, 0.25) is 11.7 Å². The first-order valence-corrected chi connectivity index (χ1v) is 8.17. The zero-order valence-electron chi connectivity index (χ0n) is 13.2. The fourth-order valence-electron chi connectivity index (χ4n) is 2.87. The highest BCUT2D eigenvalue weighted by Crippen LogP contribution is 2.28. The number of aliphatic hydroxyl groups excluding tert-OH is 1. The molecule has 0 radical (unpaired) electrons. The first kappa shape index (κ1) is 16.1. The van der Waals surface area contributed by atoms with E-state index < -0.39 is 0 Å². The van der Waals surface area contributed by atoms with E-state index in [0.717, 1.165) is 43.9 Å². The van der Waals surface area contributed by atoms with Gasteiger partial charge in [-0.2, -0.15) is 4.98 Å². The van der Waals surface area contributed by atoms with Gasteiger partial charge >= 0.3 is 0 Å². The summed E-state index contributed by atoms with van der Waals surface area (Å²) >= 11 is 0. The molecule has 1 fully saturated rings. The molecule has 1 saturated heterocycles. The van der Waals surface area contributed by atoms with Crippen molar-refractivity contribution in [1.29, 1.82) is 0 Å². The lowest BCUT2D eigenvalue weighted by atomic mass is 9.97. The van der Waals surface area contributed by atoms with Crippen molar-refractivity contribution in [3.8, 4) is 11.4 Å². The number of piperidine rings is 1. The molecule has 0 atom stereocenters. The molecule has 6 heteroatoms. The highest BCUT2D eigenvalue weighted by Gasteiger charge is 2.25. The average molecular weight is 317 g/mol. The molecule has 3 rings (SSSR count). The number of hydrogen-bond acceptors (Lipinski definition) is 6. The van der Waals surface area contributed by atoms with E-state index in [9.17, 15) is 0 Å². The van der Waals surface area contributed by atoms with E-state index in [0.29, 0.717) is 25.0 Å². The lowest BCUT2D eigenvalue weighted by Crippen LogP contribution is -2.35. The number of aromatic nitrogens is 2. The standard InChI is InChI=1S/C17H23N3O3/c21-11-13-22-12-10-20-8-6-15(7-9-20)17-18-16(19-23-17)14-4-2-1-3-5-14/h1-5,15,21H,6-13H2. The van der Waals surface area contributed by atoms with E-state index in [2.05, 4.69) is 15.0 Å². The van der Waals surface area contributed by atoms with Crippen LogP contribution < -0.4 is 0 Å². The molecule has 0 bridgehead atoms. The summed E-state index contributed by atoms with van der Waals surface area (Å²) in [7, 11) is 0. The van der Waals surface area contributed by atoms with Gasteiger partial charge < -0.3 is 19.3 Å². The van der Waals surface area contributed by atoms with E-state index in [4.69, 9.17) is 14.4 Å². The minimum absolute atomic E-state index is 0.0863. The zero-order chi connectivity index (χ0) is 15.9. The third-order valence-corrected chi connectivity index (χ3v) is 4.20. The number of aliphatic hydroxyl groups is 1. The fraction of sp³-hybridized carbons (Fsp3) is 0.529. The van der Waals surface area contributed by atoms with Crippen LogP contribution in [0.25, 0.3) is 11.4 Å². The molecule has 0 saturated carbocycles. The van der Waals surface area contributed by atoms with Crippen LogP contribution in [-0.4, -0.2) is 59.6 Å². The topological polar surface area (TPSA) is 71.6 Å². The van der Waals surface area contributed by atoms with Crippen LogP contribution in [0.4, 0.5) is 0 Å². The molecule has 1 aromatic carbocycles. The molecular weight excluding hydrogens is 294 g/mol. The first-order valence-electron chi connectivity index (χ1n) is 8.17. The Morgan fingerprint density at radius 1 is 1.17 bits per heavy atom. The van der Waals surface area contributed by atoms with E-state index in [-0.39, 0.29) is 6.61 Å². The molecule has 2 aromatic rings. The van der Waals surface area contributed by atoms with E-state index in [1.54, 1.807) is 0 Å². The molecule has 0 amide bonds. The van der Waals surface area contributed by atoms with Crippen LogP contribution in [0.1, 0.15) is 24.7 Å². The monoisotopic (exact) mass is 317 g/mol. The SMILES string of the molecule is OCCOCCN1CCC(c2nc(-c3ccccc3)no2)CC1. The Labute approximate surface area is 136 Å². The fourth-order valence-corrected chi connectivity index (χ4v) is 2.87. The van der Waals surface area contributed by atoms with E-state index in [1.807, 2.05) is 30.3 Å². The maximum absolute atomic E-state index is 8.69. The van der Waals surface area contributed by atoms with Crippen molar-refractivity contribution in [3.05, 3.63) is 36.2 Å². The van der Waals surface area contributed by atoms with Crippen molar-refractivity contribution < 1.29 is 14.4 Å². The minimum atomic E-state index is 0.0863. The summed E-state index contributed by atoms with van der Waals surface area (Å²) in [6.07, 6.45) is 2.05. The summed E-state index contributed by atoms with van der Waals surface area (Å²) in [6.45, 7) is 4.10. The maximum atomic E-state index is 8.69. The quantitative estimate of drug-likeness (QED) is 0.787. The zero-order valence-corrected chi connectivity index (χ0v) is 13.2. The van der Waals surface area contributed by atoms with Crippen LogP contribution in [0.2, 0.25) is 0 Å². The van der Waals surface area contributed by atoms with Crippen LogP contribution in [0.3, 0.4) is 0 Å². The summed E-state index contributed by atoms with van der Waals surface area (Å²) in [5.41, 5.74) is 0.987. The van der Waals surface area contributed by atoms with Gasteiger partial charge in [-0.05, 0) is 25.9 Å². The van der Waals surface area contributed by atoms with Crippen LogP contribution in [0.5, 0.6) is 0 Å². The largest absolute Gasteiger partial charge is 0.394 e. The van der Waals surface area contributed by atoms with Gasteiger partial charge in [0.05, 0.1) is 19.8 Å². The first-order chi connectivity index (χ1) is 11.4. The summed E-state index contributed by atoms with van der Waals surface area (Å²) in [6, 6.07) is 9.91. The number of hydrogen-bond donors (Lipinski definition) is 1. The molecule has 1 aliphatic heterocycles. The Morgan fingerprint density at radius 3 is 2.70 bits per heavy atom. The van der Waals surface area contributed by atoms with Gasteiger partial charge in [-0.15, -0.1) is 0 Å². The molecule has 1 aliphatic rings. The number of benzene rings is 1. The second-order valence-corrected chi connectivity index (χ2v) is 5.77. The van der Waals surface area contributed by atoms with Gasteiger partial charge in [-0.3, -0.25) is 0 Å². The van der Waals surface area contributed by atoms with Crippen molar-refractivity contribution >= 4 is 0 Å². The minimum Gasteiger partial charge on any atom is -0.394 e. The Hall–Kier alpha value is -1.76. The second-order valence-electron chi connectivity index (χ2n) is 5.77. The molecule has 124 valence electrons. The molecule has 0 aliphatic carbocycles. The van der Waals surface area contributed by atoms with Gasteiger partial charge in [0.15, 0.2) is 0 Å². The van der Waals surface area contributed by atoms with E-state index >= 15 is 0 Å². The van der Waals surface area contributed by atoms with E-state index in [1.165, 1.54) is 0 Å². The summed E-state index contributed by atoms with van der Waals surface area (Å²) in [4.78, 5) is 6.94. The van der Waals surface area contributed by atoms with Gasteiger partial charge in [0.25, 0.3) is 0 Å². The second kappa shape index (κ2) is 8.19. The Morgan fingerprint density at radius 2 is 1.96 bits per heavy atom. The number of ether oxygens (including phenoxy) is 1. The van der Waals surface area contributed by atoms with Gasteiger partial charge in [0, 0.05) is 18.0 Å². The molecule has 6 nitrogen and oxygen atoms in total. The Bertz CT molecular complexity index is 580. The van der Waals surface area contributed by atoms with Crippen molar-refractivity contribution in [1.82, 2.24) is 15.0 Å². The smallest absolute Gasteiger partial charge is 0.230 e. The third kappa shape index (κ3) is 4.37. The predicted molar refractivity (Wildman–Crippen MR) is 86.1 cm³/mol. The average Bonchev–Trinajstić information content (AvgIpc) is 3.10. The van der Waals surface area contributed by atoms with Gasteiger partial charge in [0.1, 0.15) is 0 Å². The van der Waals surface area contributed by atoms with Crippen molar-refractivity contribution in [3.63, 3.8) is 0 Å². The Kier molecular flexibility index (Phi) is 5.74. The lowest BCUT2D eigenvalue weighted by Gasteiger charge is -2.30. The number of nitrogens with zero attached hydrogens (tertiary/aromatic N) is 3. The van der Waals surface area contributed by atoms with Gasteiger partial charge in [-0.1, -0.05) is 35.5 Å². The van der Waals surface area contributed by atoms with Crippen molar-refractivity contribution in [2.24, 2.45) is 0 Å². The Balaban J connectivity index is 1.49. The molecule has 1 aromatic heterocycles. The third-order valence-electron chi connectivity index (χ3n) is 4.20. The van der Waals surface area contributed by atoms with Crippen LogP contribution in [-0.2, 0) is 4.74 Å². The summed E-state index contributed by atoms with van der Waals surface area (Å²) in [5.74, 6) is 1.76. The highest BCUT2D eigenvalue weighted by molar-refractivity contribution is 5.53. The summed E-state index contributed by atoms with van der Waals surface area (Å²) < 4.78 is 10.8. The van der Waals surface area contributed by atoms with Crippen molar-refractivity contribution in [2.75, 3.05) is 39.5 Å². The molecule has 23 heavy (non-hydrogen) atoms. The number of likely N-dealkylation sites (tertiary alicyclic amines) is 1. The summed E-state index contributed by atoms with van der Waals surface area (Å²) in [5, 5.41) is 12.8. The lowest BCUT2D eigenvalue weighted by molar-refractivity contribution is 0.0669. The van der Waals surface area contributed by atoms with Crippen LogP contribution in [0, 0.1) is 0 Å². The molecular formula is C17H23N3O3. The number of rotatable bonds is 7. The maximum Gasteiger partial charge on any atom is 0.230 e. The predicted octanol–water partition coefficient (Wildman–Crippen LogP) is 1.92. The van der Waals surface area contributed by atoms with Gasteiger partial charge in [-0.25, -0.2) is 0 Å². The highest BCUT2D eigenvalue weighted by atomic mass is 16.5. The van der Waals surface area contributed by atoms with Crippen LogP contribution >= 0.6 is 0 Å². The molecule has 0 spiro atoms. The normalized spacial score (nSPS) is 16.7. The van der Waals surface area contributed by atoms with Crippen molar-refractivity contribution in [2.45, 2.75) is 18.8 Å². The molecule has 1 N–H and O–H groups in total. The molecule has 0 unspecified atom stereocenters. The molecule has 2 heterocycles.